The predicted octanol–water partition coefficient (Wildman–Crippen LogP) is 2.42. The van der Waals surface area contributed by atoms with Gasteiger partial charge in [-0.2, -0.15) is 0 Å². The minimum absolute atomic E-state index is 0.668. The molecular weight excluding hydrogens is 256 g/mol. The Labute approximate surface area is 117 Å². The number of nitrogens with zero attached hydrogens (tertiary/aromatic N) is 2. The summed E-state index contributed by atoms with van der Waals surface area (Å²) in [6.45, 7) is 3.26. The third kappa shape index (κ3) is 2.94. The lowest BCUT2D eigenvalue weighted by Crippen LogP contribution is -2.19. The first-order valence-electron chi connectivity index (χ1n) is 6.54. The predicted molar refractivity (Wildman–Crippen MR) is 79.0 cm³/mol. The van der Waals surface area contributed by atoms with Crippen LogP contribution in [-0.2, 0) is 6.54 Å². The Bertz CT molecular complexity index is 525. The van der Waals surface area contributed by atoms with E-state index in [1.807, 2.05) is 6.20 Å². The standard InChI is InChI=1S/C14H18N4S/c15-17-14-16-8-13(19-14)10-18-7-6-12(9-18)11-4-2-1-3-5-11/h1-5,8,12H,6-7,9-10,15H2,(H,16,17). The Morgan fingerprint density at radius 3 is 2.95 bits per heavy atom. The van der Waals surface area contributed by atoms with Crippen molar-refractivity contribution in [1.29, 1.82) is 0 Å². The van der Waals surface area contributed by atoms with Crippen LogP contribution >= 0.6 is 11.3 Å². The van der Waals surface area contributed by atoms with Crippen LogP contribution in [0, 0.1) is 0 Å². The largest absolute Gasteiger partial charge is 0.300 e. The summed E-state index contributed by atoms with van der Waals surface area (Å²) in [6.07, 6.45) is 3.15. The van der Waals surface area contributed by atoms with Crippen LogP contribution in [0.2, 0.25) is 0 Å². The number of anilines is 1. The van der Waals surface area contributed by atoms with Gasteiger partial charge < -0.3 is 0 Å². The third-order valence-corrected chi connectivity index (χ3v) is 4.51. The molecule has 1 fully saturated rings. The van der Waals surface area contributed by atoms with Gasteiger partial charge in [-0.05, 0) is 24.4 Å². The van der Waals surface area contributed by atoms with E-state index in [0.717, 1.165) is 24.8 Å². The van der Waals surface area contributed by atoms with Crippen molar-refractivity contribution in [2.75, 3.05) is 18.5 Å². The summed E-state index contributed by atoms with van der Waals surface area (Å²) in [4.78, 5) is 7.97. The summed E-state index contributed by atoms with van der Waals surface area (Å²) in [5, 5.41) is 0.786. The molecule has 1 atom stereocenters. The maximum atomic E-state index is 5.35. The van der Waals surface area contributed by atoms with Gasteiger partial charge in [0, 0.05) is 24.2 Å². The van der Waals surface area contributed by atoms with E-state index in [9.17, 15) is 0 Å². The number of nitrogens with two attached hydrogens (primary N) is 1. The first-order chi connectivity index (χ1) is 9.35. The molecule has 0 amide bonds. The van der Waals surface area contributed by atoms with Crippen molar-refractivity contribution in [3.63, 3.8) is 0 Å². The van der Waals surface area contributed by atoms with Crippen molar-refractivity contribution in [2.24, 2.45) is 5.84 Å². The van der Waals surface area contributed by atoms with Gasteiger partial charge in [0.1, 0.15) is 0 Å². The monoisotopic (exact) mass is 274 g/mol. The van der Waals surface area contributed by atoms with Crippen LogP contribution in [0.25, 0.3) is 0 Å². The highest BCUT2D eigenvalue weighted by molar-refractivity contribution is 7.15. The lowest BCUT2D eigenvalue weighted by atomic mass is 9.99. The molecule has 4 nitrogen and oxygen atoms in total. The maximum Gasteiger partial charge on any atom is 0.197 e. The number of hydrazine groups is 1. The van der Waals surface area contributed by atoms with E-state index in [4.69, 9.17) is 5.84 Å². The molecule has 1 saturated heterocycles. The summed E-state index contributed by atoms with van der Waals surface area (Å²) in [5.41, 5.74) is 4.05. The van der Waals surface area contributed by atoms with Crippen molar-refractivity contribution in [2.45, 2.75) is 18.9 Å². The van der Waals surface area contributed by atoms with E-state index < -0.39 is 0 Å². The number of nitrogens with one attached hydrogen (secondary N) is 1. The molecule has 0 spiro atoms. The Balaban J connectivity index is 1.60. The van der Waals surface area contributed by atoms with Crippen LogP contribution in [0.4, 0.5) is 5.13 Å². The molecule has 100 valence electrons. The van der Waals surface area contributed by atoms with E-state index >= 15 is 0 Å². The molecule has 1 aromatic carbocycles. The third-order valence-electron chi connectivity index (χ3n) is 3.60. The number of nitrogen functional groups attached to an aromatic ring is 1. The zero-order valence-corrected chi connectivity index (χ0v) is 11.6. The second kappa shape index (κ2) is 5.69. The maximum absolute atomic E-state index is 5.35. The van der Waals surface area contributed by atoms with Gasteiger partial charge in [-0.25, -0.2) is 10.8 Å². The molecule has 1 aliphatic rings. The Morgan fingerprint density at radius 1 is 1.37 bits per heavy atom. The minimum Gasteiger partial charge on any atom is -0.300 e. The van der Waals surface area contributed by atoms with E-state index in [1.54, 1.807) is 11.3 Å². The van der Waals surface area contributed by atoms with Gasteiger partial charge in [-0.3, -0.25) is 10.3 Å². The first-order valence-corrected chi connectivity index (χ1v) is 7.35. The van der Waals surface area contributed by atoms with Crippen molar-refractivity contribution in [3.05, 3.63) is 47.0 Å². The topological polar surface area (TPSA) is 54.2 Å². The van der Waals surface area contributed by atoms with Gasteiger partial charge in [-0.15, -0.1) is 0 Å². The first kappa shape index (κ1) is 12.6. The molecule has 0 radical (unpaired) electrons. The number of aromatic nitrogens is 1. The quantitative estimate of drug-likeness (QED) is 0.664. The highest BCUT2D eigenvalue weighted by atomic mass is 32.1. The molecule has 1 aromatic heterocycles. The summed E-state index contributed by atoms with van der Waals surface area (Å²) in [5.74, 6) is 6.02. The van der Waals surface area contributed by atoms with Crippen molar-refractivity contribution in [1.82, 2.24) is 9.88 Å². The van der Waals surface area contributed by atoms with Crippen LogP contribution in [0.1, 0.15) is 22.8 Å². The molecule has 2 aromatic rings. The van der Waals surface area contributed by atoms with Gasteiger partial charge in [0.25, 0.3) is 0 Å². The summed E-state index contributed by atoms with van der Waals surface area (Å²) < 4.78 is 0. The van der Waals surface area contributed by atoms with Gasteiger partial charge in [0.05, 0.1) is 0 Å². The van der Waals surface area contributed by atoms with Crippen LogP contribution in [0.15, 0.2) is 36.5 Å². The second-order valence-electron chi connectivity index (χ2n) is 4.91. The Kier molecular flexibility index (Phi) is 3.77. The molecule has 0 saturated carbocycles. The number of benzene rings is 1. The molecule has 3 N–H and O–H groups in total. The lowest BCUT2D eigenvalue weighted by molar-refractivity contribution is 0.329. The zero-order chi connectivity index (χ0) is 13.1. The normalized spacial score (nSPS) is 19.7. The van der Waals surface area contributed by atoms with Gasteiger partial charge >= 0.3 is 0 Å². The number of hydrogen-bond acceptors (Lipinski definition) is 5. The van der Waals surface area contributed by atoms with E-state index in [1.165, 1.54) is 16.9 Å². The van der Waals surface area contributed by atoms with Crippen LogP contribution in [0.5, 0.6) is 0 Å². The number of likely N-dealkylation sites (tertiary alicyclic amines) is 1. The fraction of sp³-hybridized carbons (Fsp3) is 0.357. The zero-order valence-electron chi connectivity index (χ0n) is 10.7. The van der Waals surface area contributed by atoms with Gasteiger partial charge in [0.2, 0.25) is 0 Å². The molecule has 1 aliphatic heterocycles. The van der Waals surface area contributed by atoms with Crippen LogP contribution in [0.3, 0.4) is 0 Å². The molecule has 0 aliphatic carbocycles. The molecule has 2 heterocycles. The van der Waals surface area contributed by atoms with Gasteiger partial charge in [-0.1, -0.05) is 41.7 Å². The Hall–Kier alpha value is -1.43. The Morgan fingerprint density at radius 2 is 2.21 bits per heavy atom. The van der Waals surface area contributed by atoms with Crippen molar-refractivity contribution in [3.8, 4) is 0 Å². The van der Waals surface area contributed by atoms with E-state index in [2.05, 4.69) is 45.6 Å². The molecule has 19 heavy (non-hydrogen) atoms. The summed E-state index contributed by atoms with van der Waals surface area (Å²) in [6, 6.07) is 10.8. The summed E-state index contributed by atoms with van der Waals surface area (Å²) in [7, 11) is 0. The fourth-order valence-corrected chi connectivity index (χ4v) is 3.41. The average molecular weight is 274 g/mol. The molecule has 0 bridgehead atoms. The smallest absolute Gasteiger partial charge is 0.197 e. The number of hydrogen-bond donors (Lipinski definition) is 2. The lowest BCUT2D eigenvalue weighted by Gasteiger charge is -2.14. The molecular formula is C14H18N4S. The number of rotatable bonds is 4. The minimum atomic E-state index is 0.668. The van der Waals surface area contributed by atoms with E-state index in [-0.39, 0.29) is 0 Å². The van der Waals surface area contributed by atoms with E-state index in [0.29, 0.717) is 5.92 Å². The average Bonchev–Trinajstić information content (AvgIpc) is 3.09. The SMILES string of the molecule is NNc1ncc(CN2CCC(c3ccccc3)C2)s1. The van der Waals surface area contributed by atoms with Crippen LogP contribution < -0.4 is 11.3 Å². The second-order valence-corrected chi connectivity index (χ2v) is 6.02. The fourth-order valence-electron chi connectivity index (χ4n) is 2.64. The molecule has 5 heteroatoms. The summed E-state index contributed by atoms with van der Waals surface area (Å²) >= 11 is 1.63. The molecule has 1 unspecified atom stereocenters. The highest BCUT2D eigenvalue weighted by Crippen LogP contribution is 2.29. The van der Waals surface area contributed by atoms with Crippen molar-refractivity contribution < 1.29 is 0 Å². The molecule has 3 rings (SSSR count). The highest BCUT2D eigenvalue weighted by Gasteiger charge is 2.23. The number of thiazole rings is 1. The van der Waals surface area contributed by atoms with Gasteiger partial charge in [0.15, 0.2) is 5.13 Å². The van der Waals surface area contributed by atoms with Crippen molar-refractivity contribution >= 4 is 16.5 Å². The van der Waals surface area contributed by atoms with Crippen LogP contribution in [-0.4, -0.2) is 23.0 Å².